The second-order valence-electron chi connectivity index (χ2n) is 4.02. The van der Waals surface area contributed by atoms with Crippen molar-refractivity contribution in [3.8, 4) is 0 Å². The van der Waals surface area contributed by atoms with Crippen LogP contribution in [0.2, 0.25) is 0 Å². The van der Waals surface area contributed by atoms with E-state index in [1.54, 1.807) is 11.6 Å². The van der Waals surface area contributed by atoms with E-state index in [0.29, 0.717) is 11.8 Å². The second-order valence-corrected chi connectivity index (χ2v) is 4.32. The molecule has 0 spiro atoms. The Bertz CT molecular complexity index is 332. The van der Waals surface area contributed by atoms with Gasteiger partial charge in [0.1, 0.15) is 0 Å². The van der Waals surface area contributed by atoms with E-state index in [2.05, 4.69) is 67.9 Å². The van der Waals surface area contributed by atoms with Gasteiger partial charge in [0.05, 0.1) is 0 Å². The minimum absolute atomic E-state index is 0.488. The summed E-state index contributed by atoms with van der Waals surface area (Å²) in [4.78, 5) is 4.33. The van der Waals surface area contributed by atoms with Crippen molar-refractivity contribution < 1.29 is 0 Å². The van der Waals surface area contributed by atoms with Crippen LogP contribution in [0.5, 0.6) is 0 Å². The maximum absolute atomic E-state index is 4.33. The summed E-state index contributed by atoms with van der Waals surface area (Å²) in [5.41, 5.74) is 1.16. The van der Waals surface area contributed by atoms with Crippen molar-refractivity contribution in [1.82, 2.24) is 0 Å². The number of hydrogen-bond donors (Lipinski definition) is 1. The van der Waals surface area contributed by atoms with Crippen molar-refractivity contribution >= 4 is 18.3 Å². The van der Waals surface area contributed by atoms with Gasteiger partial charge < -0.3 is 0 Å². The molecule has 0 aromatic heterocycles. The lowest BCUT2D eigenvalue weighted by molar-refractivity contribution is 0.606. The summed E-state index contributed by atoms with van der Waals surface area (Å²) in [6.45, 7) is 4.28. The molecule has 0 amide bonds. The van der Waals surface area contributed by atoms with Gasteiger partial charge in [-0.2, -0.15) is 0 Å². The molecule has 0 aliphatic heterocycles. The van der Waals surface area contributed by atoms with Crippen LogP contribution in [0.4, 0.5) is 0 Å². The van der Waals surface area contributed by atoms with Crippen molar-refractivity contribution in [1.29, 1.82) is 0 Å². The smallest absolute Gasteiger partial charge is 0.0327 e. The van der Waals surface area contributed by atoms with E-state index < -0.39 is 0 Å². The molecule has 1 rings (SSSR count). The molecule has 2 heteroatoms. The van der Waals surface area contributed by atoms with E-state index >= 15 is 0 Å². The fraction of sp³-hybridized carbons (Fsp3) is 0.357. The van der Waals surface area contributed by atoms with Gasteiger partial charge in [-0.3, -0.25) is 4.99 Å². The van der Waals surface area contributed by atoms with Crippen LogP contribution in [0, 0.1) is 11.8 Å². The number of allylic oxidation sites excluding steroid dienone is 6. The Hall–Kier alpha value is -1.02. The first-order valence-corrected chi connectivity index (χ1v) is 6.11. The highest BCUT2D eigenvalue weighted by atomic mass is 32.1. The van der Waals surface area contributed by atoms with Gasteiger partial charge in [0.2, 0.25) is 0 Å². The van der Waals surface area contributed by atoms with Gasteiger partial charge in [-0.05, 0) is 30.6 Å². The van der Waals surface area contributed by atoms with Crippen LogP contribution >= 0.6 is 12.6 Å². The highest BCUT2D eigenvalue weighted by Crippen LogP contribution is 2.18. The Morgan fingerprint density at radius 2 is 1.94 bits per heavy atom. The molecule has 0 radical (unpaired) electrons. The summed E-state index contributed by atoms with van der Waals surface area (Å²) in [5, 5.41) is 1.66. The van der Waals surface area contributed by atoms with Crippen LogP contribution in [0.15, 0.2) is 53.1 Å². The van der Waals surface area contributed by atoms with Gasteiger partial charge >= 0.3 is 0 Å². The molecule has 0 N–H and O–H groups in total. The van der Waals surface area contributed by atoms with E-state index in [0.717, 1.165) is 12.1 Å². The first kappa shape index (κ1) is 13.0. The molecule has 0 aromatic rings. The number of hydrogen-bond acceptors (Lipinski definition) is 2. The molecular formula is C14H19NS. The second kappa shape index (κ2) is 7.29. The van der Waals surface area contributed by atoms with Gasteiger partial charge in [0.25, 0.3) is 0 Å². The summed E-state index contributed by atoms with van der Waals surface area (Å²) < 4.78 is 0. The molecule has 0 fully saturated rings. The predicted octanol–water partition coefficient (Wildman–Crippen LogP) is 4.17. The Balaban J connectivity index is 2.53. The lowest BCUT2D eigenvalue weighted by Gasteiger charge is -2.14. The molecule has 1 aliphatic carbocycles. The third-order valence-corrected chi connectivity index (χ3v) is 2.87. The van der Waals surface area contributed by atoms with Crippen molar-refractivity contribution in [3.63, 3.8) is 0 Å². The molecule has 0 bridgehead atoms. The van der Waals surface area contributed by atoms with Crippen molar-refractivity contribution in [2.75, 3.05) is 0 Å². The minimum Gasteiger partial charge on any atom is -0.265 e. The Morgan fingerprint density at radius 3 is 2.50 bits per heavy atom. The van der Waals surface area contributed by atoms with Crippen LogP contribution in [0.3, 0.4) is 0 Å². The average Bonchev–Trinajstić information content (AvgIpc) is 2.54. The molecule has 1 nitrogen and oxygen atoms in total. The van der Waals surface area contributed by atoms with Gasteiger partial charge in [-0.15, -0.1) is 12.6 Å². The summed E-state index contributed by atoms with van der Waals surface area (Å²) in [6, 6.07) is 0. The monoisotopic (exact) mass is 233 g/mol. The van der Waals surface area contributed by atoms with Gasteiger partial charge in [-0.25, -0.2) is 0 Å². The summed E-state index contributed by atoms with van der Waals surface area (Å²) in [6.07, 6.45) is 15.6. The van der Waals surface area contributed by atoms with E-state index in [4.69, 9.17) is 0 Å². The first-order valence-electron chi connectivity index (χ1n) is 5.59. The topological polar surface area (TPSA) is 12.4 Å². The minimum atomic E-state index is 0.488. The zero-order chi connectivity index (χ0) is 11.8. The number of thiol groups is 1. The van der Waals surface area contributed by atoms with Crippen molar-refractivity contribution in [2.24, 2.45) is 16.8 Å². The van der Waals surface area contributed by atoms with Gasteiger partial charge in [-0.1, -0.05) is 43.4 Å². The summed E-state index contributed by atoms with van der Waals surface area (Å²) >= 11 is 3.99. The Kier molecular flexibility index (Phi) is 5.94. The molecule has 1 unspecified atom stereocenters. The molecule has 0 saturated heterocycles. The van der Waals surface area contributed by atoms with Crippen molar-refractivity contribution in [3.05, 3.63) is 48.1 Å². The van der Waals surface area contributed by atoms with Crippen molar-refractivity contribution in [2.45, 2.75) is 20.3 Å². The largest absolute Gasteiger partial charge is 0.265 e. The molecule has 16 heavy (non-hydrogen) atoms. The van der Waals surface area contributed by atoms with Crippen LogP contribution in [0.25, 0.3) is 0 Å². The predicted molar refractivity (Wildman–Crippen MR) is 75.9 cm³/mol. The Morgan fingerprint density at radius 1 is 1.31 bits per heavy atom. The maximum Gasteiger partial charge on any atom is 0.0327 e. The van der Waals surface area contributed by atoms with Crippen LogP contribution < -0.4 is 0 Å². The lowest BCUT2D eigenvalue weighted by Crippen LogP contribution is -2.10. The van der Waals surface area contributed by atoms with Gasteiger partial charge in [0, 0.05) is 11.9 Å². The highest BCUT2D eigenvalue weighted by molar-refractivity contribution is 7.83. The fourth-order valence-electron chi connectivity index (χ4n) is 1.62. The standard InChI is InChI=1S/C14H19NS/c1-12(13(2)15-9-10-16)11-14-7-5-3-4-6-8-14/h3-10,12,14,16H,11H2,1-2H3/b10-9-,15-13+. The SMILES string of the molecule is C/C(=N\C=C/S)C(C)CC1C=CC=CC=C1. The molecule has 0 aromatic carbocycles. The molecule has 86 valence electrons. The summed E-state index contributed by atoms with van der Waals surface area (Å²) in [5.74, 6) is 0.997. The molecular weight excluding hydrogens is 214 g/mol. The van der Waals surface area contributed by atoms with Crippen LogP contribution in [0.1, 0.15) is 20.3 Å². The molecule has 1 atom stereocenters. The third kappa shape index (κ3) is 4.67. The molecule has 1 aliphatic rings. The van der Waals surface area contributed by atoms with Crippen LogP contribution in [-0.2, 0) is 0 Å². The number of aliphatic imine (C=N–C) groups is 1. The van der Waals surface area contributed by atoms with Crippen LogP contribution in [-0.4, -0.2) is 5.71 Å². The third-order valence-electron chi connectivity index (χ3n) is 2.73. The van der Waals surface area contributed by atoms with E-state index in [9.17, 15) is 0 Å². The zero-order valence-corrected chi connectivity index (χ0v) is 10.8. The van der Waals surface area contributed by atoms with E-state index in [-0.39, 0.29) is 0 Å². The first-order chi connectivity index (χ1) is 7.74. The normalized spacial score (nSPS) is 19.3. The lowest BCUT2D eigenvalue weighted by atomic mass is 9.92. The Labute approximate surface area is 104 Å². The number of nitrogens with zero attached hydrogens (tertiary/aromatic N) is 1. The number of rotatable bonds is 4. The molecule has 0 heterocycles. The highest BCUT2D eigenvalue weighted by Gasteiger charge is 2.10. The molecule has 0 saturated carbocycles. The maximum atomic E-state index is 4.33. The fourth-order valence-corrected chi connectivity index (χ4v) is 1.69. The average molecular weight is 233 g/mol. The van der Waals surface area contributed by atoms with E-state index in [1.165, 1.54) is 0 Å². The van der Waals surface area contributed by atoms with Gasteiger partial charge in [0.15, 0.2) is 0 Å². The quantitative estimate of drug-likeness (QED) is 0.552. The zero-order valence-electron chi connectivity index (χ0n) is 9.88. The summed E-state index contributed by atoms with van der Waals surface area (Å²) in [7, 11) is 0. The van der Waals surface area contributed by atoms with E-state index in [1.807, 2.05) is 0 Å².